The fourth-order valence-corrected chi connectivity index (χ4v) is 4.42. The molecule has 0 fully saturated rings. The topological polar surface area (TPSA) is 101 Å². The standard InChI is InChI=1S/C27H33F3NO6P/c1-19(2)37-26-11-8-20(17-23(26)27(28,29)30)6-3-13-36-25-10-9-21(16-22(25)24-7-4-14-35-24)18-31-12-5-15-38(32,33)34/h4,7-11,14,16-17,19,31H,3,5-6,12-13,15,18H2,1-2H3,(H2,32,33,34). The van der Waals surface area contributed by atoms with Gasteiger partial charge in [0.1, 0.15) is 17.3 Å². The SMILES string of the molecule is CC(C)Oc1ccc(CCCOc2ccc(CNCCCP(=O)(O)O)cc2-c2ccco2)cc1C(F)(F)F. The first-order valence-electron chi connectivity index (χ1n) is 12.3. The molecule has 0 aliphatic rings. The first kappa shape index (κ1) is 29.8. The Morgan fingerprint density at radius 1 is 1.03 bits per heavy atom. The van der Waals surface area contributed by atoms with Gasteiger partial charge in [0.15, 0.2) is 0 Å². The third kappa shape index (κ3) is 9.51. The number of alkyl halides is 3. The molecule has 0 aliphatic carbocycles. The summed E-state index contributed by atoms with van der Waals surface area (Å²) in [6.45, 7) is 4.61. The highest BCUT2D eigenvalue weighted by molar-refractivity contribution is 7.51. The molecule has 0 atom stereocenters. The molecule has 0 unspecified atom stereocenters. The molecule has 0 radical (unpaired) electrons. The molecule has 0 bridgehead atoms. The summed E-state index contributed by atoms with van der Waals surface area (Å²) in [5.41, 5.74) is 1.43. The first-order valence-corrected chi connectivity index (χ1v) is 14.1. The summed E-state index contributed by atoms with van der Waals surface area (Å²) < 4.78 is 68.4. The van der Waals surface area contributed by atoms with E-state index in [9.17, 15) is 17.7 Å². The molecule has 3 N–H and O–H groups in total. The van der Waals surface area contributed by atoms with Crippen LogP contribution in [0, 0.1) is 0 Å². The van der Waals surface area contributed by atoms with Crippen LogP contribution in [0.5, 0.6) is 11.5 Å². The molecule has 0 spiro atoms. The Labute approximate surface area is 220 Å². The van der Waals surface area contributed by atoms with Crippen LogP contribution in [-0.2, 0) is 23.7 Å². The molecule has 3 aromatic rings. The van der Waals surface area contributed by atoms with E-state index in [0.29, 0.717) is 56.0 Å². The number of nitrogens with one attached hydrogen (secondary N) is 1. The van der Waals surface area contributed by atoms with Gasteiger partial charge in [0.2, 0.25) is 0 Å². The maximum atomic E-state index is 13.5. The number of rotatable bonds is 14. The number of furan rings is 1. The van der Waals surface area contributed by atoms with Crippen molar-refractivity contribution in [1.82, 2.24) is 5.32 Å². The predicted molar refractivity (Wildman–Crippen MR) is 138 cm³/mol. The van der Waals surface area contributed by atoms with Crippen molar-refractivity contribution in [2.24, 2.45) is 0 Å². The van der Waals surface area contributed by atoms with Crippen molar-refractivity contribution >= 4 is 7.60 Å². The number of benzene rings is 2. The quantitative estimate of drug-likeness (QED) is 0.156. The van der Waals surface area contributed by atoms with E-state index in [-0.39, 0.29) is 18.0 Å². The van der Waals surface area contributed by atoms with Gasteiger partial charge in [-0.3, -0.25) is 4.57 Å². The van der Waals surface area contributed by atoms with E-state index in [1.165, 1.54) is 6.07 Å². The van der Waals surface area contributed by atoms with Crippen molar-refractivity contribution in [1.29, 1.82) is 0 Å². The monoisotopic (exact) mass is 555 g/mol. The van der Waals surface area contributed by atoms with Gasteiger partial charge in [0.05, 0.1) is 36.3 Å². The summed E-state index contributed by atoms with van der Waals surface area (Å²) in [5, 5.41) is 3.16. The maximum absolute atomic E-state index is 13.5. The van der Waals surface area contributed by atoms with Gasteiger partial charge in [0, 0.05) is 6.54 Å². The van der Waals surface area contributed by atoms with E-state index >= 15 is 0 Å². The molecule has 1 heterocycles. The Hall–Kier alpha value is -2.78. The summed E-state index contributed by atoms with van der Waals surface area (Å²) in [4.78, 5) is 17.9. The zero-order chi connectivity index (χ0) is 27.8. The summed E-state index contributed by atoms with van der Waals surface area (Å²) >= 11 is 0. The highest BCUT2D eigenvalue weighted by Gasteiger charge is 2.34. The first-order chi connectivity index (χ1) is 17.9. The average molecular weight is 556 g/mol. The molecule has 0 amide bonds. The third-order valence-electron chi connectivity index (χ3n) is 5.54. The van der Waals surface area contributed by atoms with Crippen molar-refractivity contribution < 1.29 is 41.4 Å². The fourth-order valence-electron chi connectivity index (χ4n) is 3.85. The Morgan fingerprint density at radius 3 is 2.42 bits per heavy atom. The lowest BCUT2D eigenvalue weighted by atomic mass is 10.0. The van der Waals surface area contributed by atoms with E-state index in [1.807, 2.05) is 18.2 Å². The van der Waals surface area contributed by atoms with Gasteiger partial charge in [-0.25, -0.2) is 0 Å². The van der Waals surface area contributed by atoms with Gasteiger partial charge in [-0.2, -0.15) is 13.2 Å². The lowest BCUT2D eigenvalue weighted by molar-refractivity contribution is -0.139. The van der Waals surface area contributed by atoms with Crippen LogP contribution in [0.4, 0.5) is 13.2 Å². The fraction of sp³-hybridized carbons (Fsp3) is 0.407. The normalized spacial score (nSPS) is 12.2. The van der Waals surface area contributed by atoms with E-state index in [1.54, 1.807) is 38.3 Å². The minimum atomic E-state index is -4.51. The average Bonchev–Trinajstić information content (AvgIpc) is 3.36. The predicted octanol–water partition coefficient (Wildman–Crippen LogP) is 6.42. The highest BCUT2D eigenvalue weighted by Crippen LogP contribution is 2.38. The number of hydrogen-bond donors (Lipinski definition) is 3. The van der Waals surface area contributed by atoms with Gasteiger partial charge in [-0.15, -0.1) is 0 Å². The Bertz CT molecular complexity index is 1210. The zero-order valence-corrected chi connectivity index (χ0v) is 22.2. The van der Waals surface area contributed by atoms with Crippen LogP contribution < -0.4 is 14.8 Å². The van der Waals surface area contributed by atoms with Crippen LogP contribution in [0.3, 0.4) is 0 Å². The van der Waals surface area contributed by atoms with E-state index < -0.39 is 19.3 Å². The summed E-state index contributed by atoms with van der Waals surface area (Å²) in [5.74, 6) is 1.02. The Morgan fingerprint density at radius 2 is 1.76 bits per heavy atom. The van der Waals surface area contributed by atoms with Crippen LogP contribution in [-0.4, -0.2) is 35.2 Å². The molecule has 38 heavy (non-hydrogen) atoms. The summed E-state index contributed by atoms with van der Waals surface area (Å²) in [6.07, 6.45) is -2.23. The minimum Gasteiger partial charge on any atom is -0.493 e. The van der Waals surface area contributed by atoms with Crippen LogP contribution in [0.15, 0.2) is 59.2 Å². The molecule has 7 nitrogen and oxygen atoms in total. The van der Waals surface area contributed by atoms with Crippen molar-refractivity contribution in [3.05, 3.63) is 71.5 Å². The number of ether oxygens (including phenoxy) is 2. The maximum Gasteiger partial charge on any atom is 0.419 e. The molecule has 2 aromatic carbocycles. The number of halogens is 3. The molecule has 11 heteroatoms. The van der Waals surface area contributed by atoms with E-state index in [4.69, 9.17) is 23.7 Å². The van der Waals surface area contributed by atoms with Crippen LogP contribution in [0.2, 0.25) is 0 Å². The molecular weight excluding hydrogens is 522 g/mol. The molecule has 1 aromatic heterocycles. The van der Waals surface area contributed by atoms with Crippen LogP contribution in [0.25, 0.3) is 11.3 Å². The second kappa shape index (κ2) is 13.3. The molecule has 0 saturated heterocycles. The molecule has 3 rings (SSSR count). The molecular formula is C27H33F3NO6P. The van der Waals surface area contributed by atoms with Crippen molar-refractivity contribution in [2.45, 2.75) is 51.9 Å². The van der Waals surface area contributed by atoms with Gasteiger partial charge in [-0.1, -0.05) is 12.1 Å². The van der Waals surface area contributed by atoms with Crippen molar-refractivity contribution in [3.8, 4) is 22.8 Å². The minimum absolute atomic E-state index is 0.169. The largest absolute Gasteiger partial charge is 0.493 e. The third-order valence-corrected chi connectivity index (χ3v) is 6.44. The lowest BCUT2D eigenvalue weighted by Crippen LogP contribution is -2.16. The van der Waals surface area contributed by atoms with Crippen molar-refractivity contribution in [2.75, 3.05) is 19.3 Å². The second-order valence-corrected chi connectivity index (χ2v) is 10.9. The summed E-state index contributed by atoms with van der Waals surface area (Å²) in [7, 11) is -4.00. The number of aryl methyl sites for hydroxylation is 1. The van der Waals surface area contributed by atoms with Crippen LogP contribution >= 0.6 is 7.60 Å². The Kier molecular flexibility index (Phi) is 10.4. The number of hydrogen-bond acceptors (Lipinski definition) is 5. The van der Waals surface area contributed by atoms with Gasteiger partial charge >= 0.3 is 13.8 Å². The zero-order valence-electron chi connectivity index (χ0n) is 21.3. The molecule has 0 saturated carbocycles. The van der Waals surface area contributed by atoms with Gasteiger partial charge in [0.25, 0.3) is 0 Å². The molecule has 208 valence electrons. The second-order valence-electron chi connectivity index (χ2n) is 9.17. The smallest absolute Gasteiger partial charge is 0.419 e. The van der Waals surface area contributed by atoms with Crippen LogP contribution in [0.1, 0.15) is 43.4 Å². The Balaban J connectivity index is 1.60. The highest BCUT2D eigenvalue weighted by atomic mass is 31.2. The molecule has 0 aliphatic heterocycles. The van der Waals surface area contributed by atoms with Gasteiger partial charge in [-0.05, 0) is 87.2 Å². The van der Waals surface area contributed by atoms with Gasteiger partial charge < -0.3 is 29.0 Å². The lowest BCUT2D eigenvalue weighted by Gasteiger charge is -2.17. The van der Waals surface area contributed by atoms with Crippen molar-refractivity contribution in [3.63, 3.8) is 0 Å². The van der Waals surface area contributed by atoms with E-state index in [2.05, 4.69) is 5.32 Å². The van der Waals surface area contributed by atoms with E-state index in [0.717, 1.165) is 17.2 Å². The summed E-state index contributed by atoms with van der Waals surface area (Å²) in [6, 6.07) is 13.3.